The van der Waals surface area contributed by atoms with Crippen LogP contribution in [0.4, 0.5) is 5.69 Å². The molecular weight excluding hydrogens is 258 g/mol. The third kappa shape index (κ3) is 4.59. The van der Waals surface area contributed by atoms with Gasteiger partial charge in [0.1, 0.15) is 0 Å². The van der Waals surface area contributed by atoms with Crippen LogP contribution in [0.25, 0.3) is 0 Å². The number of carbonyl (C=O) groups is 1. The summed E-state index contributed by atoms with van der Waals surface area (Å²) in [5.41, 5.74) is 6.57. The number of ether oxygens (including phenoxy) is 1. The van der Waals surface area contributed by atoms with Gasteiger partial charge in [0.2, 0.25) is 5.91 Å². The normalized spacial score (nSPS) is 17.3. The molecule has 3 N–H and O–H groups in total. The number of anilines is 1. The molecule has 0 spiro atoms. The van der Waals surface area contributed by atoms with E-state index in [4.69, 9.17) is 10.5 Å². The van der Waals surface area contributed by atoms with Crippen molar-refractivity contribution in [2.24, 2.45) is 5.73 Å². The summed E-state index contributed by atoms with van der Waals surface area (Å²) in [6, 6.07) is 0.285. The van der Waals surface area contributed by atoms with Crippen LogP contribution in [0, 0.1) is 0 Å². The van der Waals surface area contributed by atoms with E-state index in [0.717, 1.165) is 31.6 Å². The second-order valence-corrected chi connectivity index (χ2v) is 5.15. The Morgan fingerprint density at radius 2 is 2.30 bits per heavy atom. The number of hydrogen-bond donors (Lipinski definition) is 2. The molecule has 0 bridgehead atoms. The van der Waals surface area contributed by atoms with E-state index < -0.39 is 0 Å². The largest absolute Gasteiger partial charge is 0.383 e. The van der Waals surface area contributed by atoms with Gasteiger partial charge >= 0.3 is 0 Å². The Morgan fingerprint density at radius 3 is 3.00 bits per heavy atom. The highest BCUT2D eigenvalue weighted by atomic mass is 16.5. The van der Waals surface area contributed by atoms with Gasteiger partial charge in [-0.2, -0.15) is 5.10 Å². The fraction of sp³-hybridized carbons (Fsp3) is 0.692. The van der Waals surface area contributed by atoms with Gasteiger partial charge in [0.15, 0.2) is 0 Å². The fourth-order valence-corrected chi connectivity index (χ4v) is 2.25. The summed E-state index contributed by atoms with van der Waals surface area (Å²) < 4.78 is 6.73. The van der Waals surface area contributed by atoms with Crippen LogP contribution in [-0.2, 0) is 16.1 Å². The standard InChI is InChI=1S/C13H23N5O2/c1-20-7-6-18-9-12(8-15-18)16-13(19)10-17-4-2-11(14)3-5-17/h8-9,11H,2-7,10,14H2,1H3,(H,16,19). The fourth-order valence-electron chi connectivity index (χ4n) is 2.25. The molecule has 0 radical (unpaired) electrons. The molecular formula is C13H23N5O2. The van der Waals surface area contributed by atoms with Crippen molar-refractivity contribution >= 4 is 11.6 Å². The van der Waals surface area contributed by atoms with Crippen LogP contribution in [0.3, 0.4) is 0 Å². The van der Waals surface area contributed by atoms with Gasteiger partial charge in [0.25, 0.3) is 0 Å². The highest BCUT2D eigenvalue weighted by Crippen LogP contribution is 2.09. The number of nitrogens with zero attached hydrogens (tertiary/aromatic N) is 3. The lowest BCUT2D eigenvalue weighted by atomic mass is 10.1. The third-order valence-corrected chi connectivity index (χ3v) is 3.44. The lowest BCUT2D eigenvalue weighted by Crippen LogP contribution is -2.43. The van der Waals surface area contributed by atoms with Crippen molar-refractivity contribution in [1.82, 2.24) is 14.7 Å². The predicted molar refractivity (Wildman–Crippen MR) is 76.4 cm³/mol. The minimum atomic E-state index is -0.00763. The molecule has 0 saturated carbocycles. The van der Waals surface area contributed by atoms with Crippen molar-refractivity contribution in [2.75, 3.05) is 38.7 Å². The van der Waals surface area contributed by atoms with Crippen molar-refractivity contribution in [3.05, 3.63) is 12.4 Å². The molecule has 7 heteroatoms. The van der Waals surface area contributed by atoms with Crippen molar-refractivity contribution in [3.63, 3.8) is 0 Å². The maximum atomic E-state index is 11.9. The Balaban J connectivity index is 1.75. The van der Waals surface area contributed by atoms with E-state index in [1.165, 1.54) is 0 Å². The molecule has 0 aromatic carbocycles. The highest BCUT2D eigenvalue weighted by Gasteiger charge is 2.18. The molecule has 0 aliphatic carbocycles. The highest BCUT2D eigenvalue weighted by molar-refractivity contribution is 5.91. The average Bonchev–Trinajstić information content (AvgIpc) is 2.86. The zero-order valence-electron chi connectivity index (χ0n) is 11.9. The summed E-state index contributed by atoms with van der Waals surface area (Å²) in [6.07, 6.45) is 5.38. The van der Waals surface area contributed by atoms with Gasteiger partial charge in [-0.3, -0.25) is 14.4 Å². The van der Waals surface area contributed by atoms with Gasteiger partial charge in [-0.25, -0.2) is 0 Å². The predicted octanol–water partition coefficient (Wildman–Crippen LogP) is -0.109. The number of nitrogens with two attached hydrogens (primary N) is 1. The van der Waals surface area contributed by atoms with E-state index in [0.29, 0.717) is 19.7 Å². The molecule has 2 heterocycles. The van der Waals surface area contributed by atoms with E-state index in [1.807, 2.05) is 6.20 Å². The van der Waals surface area contributed by atoms with Gasteiger partial charge in [-0.1, -0.05) is 0 Å². The van der Waals surface area contributed by atoms with E-state index in [2.05, 4.69) is 15.3 Å². The first-order chi connectivity index (χ1) is 9.67. The van der Waals surface area contributed by atoms with Crippen LogP contribution in [-0.4, -0.2) is 60.0 Å². The molecule has 1 fully saturated rings. The molecule has 20 heavy (non-hydrogen) atoms. The Kier molecular flexibility index (Phi) is 5.51. The van der Waals surface area contributed by atoms with Crippen LogP contribution >= 0.6 is 0 Å². The maximum Gasteiger partial charge on any atom is 0.238 e. The summed E-state index contributed by atoms with van der Waals surface area (Å²) in [7, 11) is 1.65. The zero-order chi connectivity index (χ0) is 14.4. The summed E-state index contributed by atoms with van der Waals surface area (Å²) in [6.45, 7) is 3.47. The number of likely N-dealkylation sites (tertiary alicyclic amines) is 1. The average molecular weight is 281 g/mol. The summed E-state index contributed by atoms with van der Waals surface area (Å²) in [5.74, 6) is -0.00763. The quantitative estimate of drug-likeness (QED) is 0.760. The molecule has 1 amide bonds. The first kappa shape index (κ1) is 15.0. The lowest BCUT2D eigenvalue weighted by molar-refractivity contribution is -0.117. The van der Waals surface area contributed by atoms with Crippen molar-refractivity contribution < 1.29 is 9.53 Å². The van der Waals surface area contributed by atoms with E-state index in [1.54, 1.807) is 18.0 Å². The van der Waals surface area contributed by atoms with Crippen LogP contribution < -0.4 is 11.1 Å². The monoisotopic (exact) mass is 281 g/mol. The molecule has 112 valence electrons. The molecule has 0 atom stereocenters. The van der Waals surface area contributed by atoms with Crippen molar-refractivity contribution in [3.8, 4) is 0 Å². The second-order valence-electron chi connectivity index (χ2n) is 5.15. The van der Waals surface area contributed by atoms with Crippen LogP contribution in [0.15, 0.2) is 12.4 Å². The molecule has 0 unspecified atom stereocenters. The summed E-state index contributed by atoms with van der Waals surface area (Å²) >= 11 is 0. The van der Waals surface area contributed by atoms with Crippen LogP contribution in [0.2, 0.25) is 0 Å². The minimum absolute atomic E-state index is 0.00763. The second kappa shape index (κ2) is 7.37. The van der Waals surface area contributed by atoms with Crippen molar-refractivity contribution in [1.29, 1.82) is 0 Å². The number of amides is 1. The van der Waals surface area contributed by atoms with Crippen LogP contribution in [0.1, 0.15) is 12.8 Å². The molecule has 7 nitrogen and oxygen atoms in total. The van der Waals surface area contributed by atoms with Crippen LogP contribution in [0.5, 0.6) is 0 Å². The lowest BCUT2D eigenvalue weighted by Gasteiger charge is -2.29. The molecule has 1 aromatic rings. The van der Waals surface area contributed by atoms with Gasteiger partial charge in [0.05, 0.1) is 31.6 Å². The van der Waals surface area contributed by atoms with Gasteiger partial charge in [0, 0.05) is 32.4 Å². The number of methoxy groups -OCH3 is 1. The number of aromatic nitrogens is 2. The van der Waals surface area contributed by atoms with Crippen molar-refractivity contribution in [2.45, 2.75) is 25.4 Å². The summed E-state index contributed by atoms with van der Waals surface area (Å²) in [4.78, 5) is 14.1. The topological polar surface area (TPSA) is 85.4 Å². The Labute approximate surface area is 119 Å². The molecule has 1 saturated heterocycles. The number of nitrogens with one attached hydrogen (secondary N) is 1. The first-order valence-electron chi connectivity index (χ1n) is 6.96. The van der Waals surface area contributed by atoms with E-state index in [9.17, 15) is 4.79 Å². The summed E-state index contributed by atoms with van der Waals surface area (Å²) in [5, 5.41) is 7.02. The third-order valence-electron chi connectivity index (χ3n) is 3.44. The van der Waals surface area contributed by atoms with Gasteiger partial charge in [-0.05, 0) is 12.8 Å². The molecule has 1 aliphatic rings. The number of hydrogen-bond acceptors (Lipinski definition) is 5. The van der Waals surface area contributed by atoms with Gasteiger partial charge < -0.3 is 15.8 Å². The molecule has 1 aliphatic heterocycles. The number of rotatable bonds is 6. The Morgan fingerprint density at radius 1 is 1.55 bits per heavy atom. The smallest absolute Gasteiger partial charge is 0.238 e. The van der Waals surface area contributed by atoms with Gasteiger partial charge in [-0.15, -0.1) is 0 Å². The molecule has 2 rings (SSSR count). The maximum absolute atomic E-state index is 11.9. The van der Waals surface area contributed by atoms with E-state index in [-0.39, 0.29) is 11.9 Å². The Hall–Kier alpha value is -1.44. The molecule has 1 aromatic heterocycles. The van der Waals surface area contributed by atoms with E-state index >= 15 is 0 Å². The number of piperidine rings is 1. The number of carbonyl (C=O) groups excluding carboxylic acids is 1. The Bertz CT molecular complexity index is 426. The first-order valence-corrected chi connectivity index (χ1v) is 6.96. The SMILES string of the molecule is COCCn1cc(NC(=O)CN2CCC(N)CC2)cn1. The zero-order valence-corrected chi connectivity index (χ0v) is 11.9. The minimum Gasteiger partial charge on any atom is -0.383 e.